The van der Waals surface area contributed by atoms with Crippen LogP contribution in [0.25, 0.3) is 5.65 Å². The Balaban J connectivity index is 1.28. The van der Waals surface area contributed by atoms with Crippen molar-refractivity contribution in [3.05, 3.63) is 53.2 Å². The zero-order chi connectivity index (χ0) is 21.7. The summed E-state index contributed by atoms with van der Waals surface area (Å²) in [6.07, 6.45) is 3.88. The lowest BCUT2D eigenvalue weighted by atomic mass is 9.78. The van der Waals surface area contributed by atoms with Crippen LogP contribution in [0, 0.1) is 32.6 Å². The molecule has 5 rings (SSSR count). The molecule has 2 fully saturated rings. The van der Waals surface area contributed by atoms with E-state index in [0.717, 1.165) is 29.1 Å². The lowest BCUT2D eigenvalue weighted by Crippen LogP contribution is -2.42. The Morgan fingerprint density at radius 3 is 2.68 bits per heavy atom. The number of aryl methyl sites for hydroxylation is 3. The highest BCUT2D eigenvalue weighted by Crippen LogP contribution is 2.38. The molecule has 1 amide bonds. The molecule has 0 aromatic carbocycles. The van der Waals surface area contributed by atoms with E-state index < -0.39 is 6.10 Å². The van der Waals surface area contributed by atoms with Crippen LogP contribution in [0.5, 0.6) is 5.75 Å². The molecule has 1 saturated heterocycles. The maximum Gasteiger partial charge on any atom is 0.257 e. The van der Waals surface area contributed by atoms with Crippen LogP contribution in [0.1, 0.15) is 40.3 Å². The first-order chi connectivity index (χ1) is 14.9. The van der Waals surface area contributed by atoms with E-state index in [1.54, 1.807) is 16.9 Å². The number of aromatic nitrogens is 4. The molecule has 3 aromatic rings. The normalized spacial score (nSPS) is 25.6. The first kappa shape index (κ1) is 19.9. The van der Waals surface area contributed by atoms with Crippen LogP contribution in [-0.4, -0.2) is 60.8 Å². The second kappa shape index (κ2) is 7.60. The third-order valence-electron chi connectivity index (χ3n) is 6.51. The predicted molar refractivity (Wildman–Crippen MR) is 114 cm³/mol. The fourth-order valence-electron chi connectivity index (χ4n) is 4.93. The molecule has 1 aliphatic heterocycles. The van der Waals surface area contributed by atoms with Crippen LogP contribution in [0.2, 0.25) is 0 Å². The minimum absolute atomic E-state index is 0.0394. The van der Waals surface area contributed by atoms with Gasteiger partial charge in [0.15, 0.2) is 5.65 Å². The van der Waals surface area contributed by atoms with Gasteiger partial charge in [-0.25, -0.2) is 9.50 Å². The molecule has 4 atom stereocenters. The summed E-state index contributed by atoms with van der Waals surface area (Å²) < 4.78 is 7.80. The van der Waals surface area contributed by atoms with E-state index in [2.05, 4.69) is 15.1 Å². The number of aliphatic hydroxyl groups is 1. The maximum absolute atomic E-state index is 13.1. The van der Waals surface area contributed by atoms with Crippen molar-refractivity contribution in [3.63, 3.8) is 0 Å². The number of pyridine rings is 1. The first-order valence-electron chi connectivity index (χ1n) is 10.8. The summed E-state index contributed by atoms with van der Waals surface area (Å²) in [6.45, 7) is 7.08. The standard InChI is InChI=1S/C23H27N5O3/c1-13-4-5-20(15(3)25-13)31-21-8-17-11-27(10-16(17)7-19(21)29)23(30)18-9-24-22-6-14(2)26-28(22)12-18/h4-6,9,12,16-17,19,21,29H,7-8,10-11H2,1-3H3/t16-,17+,19+,21+/m0/s1. The van der Waals surface area contributed by atoms with Crippen molar-refractivity contribution in [1.82, 2.24) is 24.5 Å². The molecular weight excluding hydrogens is 394 g/mol. The molecule has 0 radical (unpaired) electrons. The van der Waals surface area contributed by atoms with E-state index in [1.165, 1.54) is 0 Å². The van der Waals surface area contributed by atoms with Crippen molar-refractivity contribution in [2.24, 2.45) is 11.8 Å². The van der Waals surface area contributed by atoms with Crippen molar-refractivity contribution < 1.29 is 14.6 Å². The highest BCUT2D eigenvalue weighted by atomic mass is 16.5. The van der Waals surface area contributed by atoms with Gasteiger partial charge in [-0.3, -0.25) is 9.78 Å². The number of likely N-dealkylation sites (tertiary alicyclic amines) is 1. The SMILES string of the molecule is Cc1ccc(O[C@@H]2C[C@@H]3CN(C(=O)c4cnc5cc(C)nn5c4)C[C@@H]3C[C@H]2O)c(C)n1. The Kier molecular flexibility index (Phi) is 4.89. The zero-order valence-corrected chi connectivity index (χ0v) is 18.0. The van der Waals surface area contributed by atoms with Crippen LogP contribution in [0.15, 0.2) is 30.6 Å². The maximum atomic E-state index is 13.1. The number of hydrogen-bond donors (Lipinski definition) is 1. The van der Waals surface area contributed by atoms with Crippen LogP contribution in [-0.2, 0) is 0 Å². The predicted octanol–water partition coefficient (Wildman–Crippen LogP) is 2.34. The second-order valence-electron chi connectivity index (χ2n) is 8.89. The summed E-state index contributed by atoms with van der Waals surface area (Å²) in [5.74, 6) is 1.26. The van der Waals surface area contributed by atoms with Gasteiger partial charge in [0.05, 0.1) is 23.1 Å². The number of nitrogens with zero attached hydrogens (tertiary/aromatic N) is 5. The lowest BCUT2D eigenvalue weighted by molar-refractivity contribution is -0.0236. The van der Waals surface area contributed by atoms with E-state index in [9.17, 15) is 9.90 Å². The van der Waals surface area contributed by atoms with Gasteiger partial charge in [0, 0.05) is 37.2 Å². The van der Waals surface area contributed by atoms with Crippen LogP contribution in [0.3, 0.4) is 0 Å². The summed E-state index contributed by atoms with van der Waals surface area (Å²) in [5, 5.41) is 15.1. The Morgan fingerprint density at radius 1 is 1.13 bits per heavy atom. The fourth-order valence-corrected chi connectivity index (χ4v) is 4.93. The quantitative estimate of drug-likeness (QED) is 0.698. The van der Waals surface area contributed by atoms with E-state index in [1.807, 2.05) is 43.9 Å². The summed E-state index contributed by atoms with van der Waals surface area (Å²) >= 11 is 0. The van der Waals surface area contributed by atoms with Gasteiger partial charge in [0.1, 0.15) is 11.9 Å². The number of carbonyl (C=O) groups is 1. The average Bonchev–Trinajstić information content (AvgIpc) is 3.30. The molecule has 8 heteroatoms. The smallest absolute Gasteiger partial charge is 0.257 e. The molecule has 0 unspecified atom stereocenters. The average molecular weight is 422 g/mol. The third kappa shape index (κ3) is 3.76. The van der Waals surface area contributed by atoms with E-state index in [4.69, 9.17) is 4.74 Å². The van der Waals surface area contributed by atoms with Crippen molar-refractivity contribution in [1.29, 1.82) is 0 Å². The van der Waals surface area contributed by atoms with E-state index in [-0.39, 0.29) is 17.9 Å². The Labute approximate surface area is 180 Å². The monoisotopic (exact) mass is 421 g/mol. The van der Waals surface area contributed by atoms with Crippen molar-refractivity contribution in [2.45, 2.75) is 45.8 Å². The number of aliphatic hydroxyl groups excluding tert-OH is 1. The van der Waals surface area contributed by atoms with Crippen LogP contribution in [0.4, 0.5) is 0 Å². The summed E-state index contributed by atoms with van der Waals surface area (Å²) in [6, 6.07) is 5.72. The molecule has 1 aliphatic carbocycles. The highest BCUT2D eigenvalue weighted by Gasteiger charge is 2.44. The van der Waals surface area contributed by atoms with Gasteiger partial charge < -0.3 is 14.7 Å². The lowest BCUT2D eigenvalue weighted by Gasteiger charge is -2.35. The molecule has 0 bridgehead atoms. The number of rotatable bonds is 3. The molecule has 31 heavy (non-hydrogen) atoms. The van der Waals surface area contributed by atoms with E-state index in [0.29, 0.717) is 36.7 Å². The topological polar surface area (TPSA) is 92.9 Å². The Hall–Kier alpha value is -3.00. The summed E-state index contributed by atoms with van der Waals surface area (Å²) in [4.78, 5) is 23.8. The Morgan fingerprint density at radius 2 is 1.90 bits per heavy atom. The fraction of sp³-hybridized carbons (Fsp3) is 0.478. The zero-order valence-electron chi connectivity index (χ0n) is 18.0. The molecule has 0 spiro atoms. The van der Waals surface area contributed by atoms with Gasteiger partial charge in [-0.15, -0.1) is 0 Å². The molecule has 2 aliphatic rings. The summed E-state index contributed by atoms with van der Waals surface area (Å²) in [5.41, 5.74) is 3.90. The molecule has 3 aromatic heterocycles. The number of hydrogen-bond acceptors (Lipinski definition) is 6. The Bertz CT molecular complexity index is 1140. The summed E-state index contributed by atoms with van der Waals surface area (Å²) in [7, 11) is 0. The van der Waals surface area contributed by atoms with E-state index >= 15 is 0 Å². The van der Waals surface area contributed by atoms with Crippen LogP contribution < -0.4 is 4.74 Å². The molecule has 8 nitrogen and oxygen atoms in total. The number of carbonyl (C=O) groups excluding carboxylic acids is 1. The number of fused-ring (bicyclic) bond motifs is 2. The largest absolute Gasteiger partial charge is 0.486 e. The highest BCUT2D eigenvalue weighted by molar-refractivity contribution is 5.94. The van der Waals surface area contributed by atoms with Crippen molar-refractivity contribution >= 4 is 11.6 Å². The van der Waals surface area contributed by atoms with Crippen LogP contribution >= 0.6 is 0 Å². The minimum Gasteiger partial charge on any atom is -0.486 e. The number of ether oxygens (including phenoxy) is 1. The van der Waals surface area contributed by atoms with Crippen molar-refractivity contribution in [2.75, 3.05) is 13.1 Å². The van der Waals surface area contributed by atoms with Gasteiger partial charge in [-0.2, -0.15) is 5.10 Å². The molecule has 162 valence electrons. The minimum atomic E-state index is -0.554. The molecule has 1 saturated carbocycles. The number of amides is 1. The first-order valence-corrected chi connectivity index (χ1v) is 10.8. The van der Waals surface area contributed by atoms with Gasteiger partial charge in [0.2, 0.25) is 0 Å². The van der Waals surface area contributed by atoms with Gasteiger partial charge in [-0.1, -0.05) is 0 Å². The molecular formula is C23H27N5O3. The molecule has 1 N–H and O–H groups in total. The van der Waals surface area contributed by atoms with Gasteiger partial charge in [-0.05, 0) is 57.6 Å². The molecule has 4 heterocycles. The second-order valence-corrected chi connectivity index (χ2v) is 8.89. The van der Waals surface area contributed by atoms with Gasteiger partial charge in [0.25, 0.3) is 5.91 Å². The van der Waals surface area contributed by atoms with Crippen molar-refractivity contribution in [3.8, 4) is 5.75 Å². The van der Waals surface area contributed by atoms with Gasteiger partial charge >= 0.3 is 0 Å². The third-order valence-corrected chi connectivity index (χ3v) is 6.51.